The normalized spacial score (nSPS) is 13.8. The predicted molar refractivity (Wildman–Crippen MR) is 79.6 cm³/mol. The number of nitrogens with one attached hydrogen (secondary N) is 1. The number of anilines is 1. The molecule has 0 unspecified atom stereocenters. The van der Waals surface area contributed by atoms with Crippen molar-refractivity contribution in [1.82, 2.24) is 0 Å². The number of hydrogen-bond donors (Lipinski definition) is 2. The number of nitrogens with two attached hydrogens (primary N) is 1. The van der Waals surface area contributed by atoms with Gasteiger partial charge in [0.1, 0.15) is 6.04 Å². The highest BCUT2D eigenvalue weighted by atomic mass is 35.5. The van der Waals surface area contributed by atoms with Gasteiger partial charge < -0.3 is 20.5 Å². The van der Waals surface area contributed by atoms with E-state index in [0.717, 1.165) is 5.56 Å². The molecule has 3 rings (SSSR count). The van der Waals surface area contributed by atoms with E-state index in [-0.39, 0.29) is 12.7 Å². The summed E-state index contributed by atoms with van der Waals surface area (Å²) >= 11 is 6.11. The summed E-state index contributed by atoms with van der Waals surface area (Å²) < 4.78 is 10.5. The highest BCUT2D eigenvalue weighted by Crippen LogP contribution is 2.39. The topological polar surface area (TPSA) is 73.6 Å². The Morgan fingerprint density at radius 3 is 2.57 bits per heavy atom. The van der Waals surface area contributed by atoms with E-state index >= 15 is 0 Å². The molecule has 0 fully saturated rings. The van der Waals surface area contributed by atoms with Crippen LogP contribution in [0, 0.1) is 0 Å². The maximum absolute atomic E-state index is 12.2. The number of ether oxygens (including phenoxy) is 2. The summed E-state index contributed by atoms with van der Waals surface area (Å²) in [6.07, 6.45) is 0. The van der Waals surface area contributed by atoms with Crippen LogP contribution in [0.25, 0.3) is 0 Å². The quantitative estimate of drug-likeness (QED) is 0.914. The van der Waals surface area contributed by atoms with Gasteiger partial charge in [0.05, 0.1) is 10.7 Å². The fourth-order valence-corrected chi connectivity index (χ4v) is 2.24. The Labute approximate surface area is 126 Å². The minimum atomic E-state index is -0.771. The summed E-state index contributed by atoms with van der Waals surface area (Å²) in [6.45, 7) is 0.145. The molecule has 2 aromatic rings. The van der Waals surface area contributed by atoms with E-state index in [4.69, 9.17) is 26.8 Å². The van der Waals surface area contributed by atoms with Gasteiger partial charge in [0, 0.05) is 12.1 Å². The summed E-state index contributed by atoms with van der Waals surface area (Å²) in [4.78, 5) is 12.2. The van der Waals surface area contributed by atoms with Gasteiger partial charge in [-0.25, -0.2) is 0 Å². The molecule has 0 aromatic heterocycles. The third kappa shape index (κ3) is 2.79. The third-order valence-electron chi connectivity index (χ3n) is 3.16. The summed E-state index contributed by atoms with van der Waals surface area (Å²) in [7, 11) is 0. The first-order valence-corrected chi connectivity index (χ1v) is 6.73. The molecule has 21 heavy (non-hydrogen) atoms. The molecular weight excluding hydrogens is 292 g/mol. The van der Waals surface area contributed by atoms with Crippen LogP contribution in [0.5, 0.6) is 11.5 Å². The Balaban J connectivity index is 1.79. The molecule has 1 atom stereocenters. The molecule has 5 nitrogen and oxygen atoms in total. The van der Waals surface area contributed by atoms with Crippen LogP contribution >= 0.6 is 11.6 Å². The van der Waals surface area contributed by atoms with Gasteiger partial charge in [-0.05, 0) is 5.56 Å². The van der Waals surface area contributed by atoms with E-state index in [1.165, 1.54) is 0 Å². The van der Waals surface area contributed by atoms with Crippen LogP contribution in [-0.4, -0.2) is 12.7 Å². The van der Waals surface area contributed by atoms with E-state index in [0.29, 0.717) is 22.2 Å². The predicted octanol–water partition coefficient (Wildman–Crippen LogP) is 2.71. The molecule has 0 spiro atoms. The van der Waals surface area contributed by atoms with Crippen LogP contribution < -0.4 is 20.5 Å². The molecule has 0 aliphatic carbocycles. The fourth-order valence-electron chi connectivity index (χ4n) is 2.04. The van der Waals surface area contributed by atoms with Crippen LogP contribution in [0.2, 0.25) is 5.02 Å². The van der Waals surface area contributed by atoms with Crippen molar-refractivity contribution in [3.05, 3.63) is 53.1 Å². The van der Waals surface area contributed by atoms with Gasteiger partial charge in [0.2, 0.25) is 12.7 Å². The van der Waals surface area contributed by atoms with Crippen LogP contribution in [-0.2, 0) is 4.79 Å². The lowest BCUT2D eigenvalue weighted by Crippen LogP contribution is -2.27. The monoisotopic (exact) mass is 304 g/mol. The highest BCUT2D eigenvalue weighted by molar-refractivity contribution is 6.34. The first-order chi connectivity index (χ1) is 10.1. The number of halogens is 1. The van der Waals surface area contributed by atoms with Crippen LogP contribution in [0.4, 0.5) is 5.69 Å². The lowest BCUT2D eigenvalue weighted by Gasteiger charge is -2.13. The SMILES string of the molecule is N[C@H](C(=O)Nc1cc2c(cc1Cl)OCO2)c1ccccc1. The molecule has 0 saturated heterocycles. The molecule has 1 amide bonds. The molecule has 6 heteroatoms. The highest BCUT2D eigenvalue weighted by Gasteiger charge is 2.20. The van der Waals surface area contributed by atoms with Crippen molar-refractivity contribution in [2.45, 2.75) is 6.04 Å². The molecule has 0 bridgehead atoms. The summed E-state index contributed by atoms with van der Waals surface area (Å²) in [6, 6.07) is 11.6. The molecule has 1 aliphatic heterocycles. The standard InChI is InChI=1S/C15H13ClN2O3/c16-10-6-12-13(21-8-20-12)7-11(10)18-15(19)14(17)9-4-2-1-3-5-9/h1-7,14H,8,17H2,(H,18,19)/t14-/m0/s1. The average Bonchev–Trinajstić information content (AvgIpc) is 2.94. The molecule has 1 heterocycles. The molecular formula is C15H13ClN2O3. The Bertz CT molecular complexity index is 676. The second-order valence-corrected chi connectivity index (χ2v) is 4.97. The maximum atomic E-state index is 12.2. The molecule has 2 aromatic carbocycles. The van der Waals surface area contributed by atoms with Gasteiger partial charge in [0.25, 0.3) is 0 Å². The number of rotatable bonds is 3. The summed E-state index contributed by atoms with van der Waals surface area (Å²) in [5.74, 6) is 0.760. The zero-order chi connectivity index (χ0) is 14.8. The number of hydrogen-bond acceptors (Lipinski definition) is 4. The number of carbonyl (C=O) groups excluding carboxylic acids is 1. The fraction of sp³-hybridized carbons (Fsp3) is 0.133. The van der Waals surface area contributed by atoms with Gasteiger partial charge in [-0.3, -0.25) is 4.79 Å². The first kappa shape index (κ1) is 13.7. The van der Waals surface area contributed by atoms with E-state index in [2.05, 4.69) is 5.32 Å². The first-order valence-electron chi connectivity index (χ1n) is 6.35. The number of carbonyl (C=O) groups is 1. The third-order valence-corrected chi connectivity index (χ3v) is 3.47. The Morgan fingerprint density at radius 2 is 1.86 bits per heavy atom. The number of fused-ring (bicyclic) bond motifs is 1. The smallest absolute Gasteiger partial charge is 0.245 e. The van der Waals surface area contributed by atoms with Crippen molar-refractivity contribution >= 4 is 23.2 Å². The van der Waals surface area contributed by atoms with Crippen molar-refractivity contribution in [1.29, 1.82) is 0 Å². The summed E-state index contributed by atoms with van der Waals surface area (Å²) in [5, 5.41) is 3.08. The maximum Gasteiger partial charge on any atom is 0.245 e. The molecule has 108 valence electrons. The number of amides is 1. The van der Waals surface area contributed by atoms with E-state index < -0.39 is 6.04 Å². The van der Waals surface area contributed by atoms with Crippen molar-refractivity contribution in [3.63, 3.8) is 0 Å². The second-order valence-electron chi connectivity index (χ2n) is 4.56. The van der Waals surface area contributed by atoms with Crippen molar-refractivity contribution in [2.75, 3.05) is 12.1 Å². The second kappa shape index (κ2) is 5.63. The van der Waals surface area contributed by atoms with Crippen molar-refractivity contribution < 1.29 is 14.3 Å². The summed E-state index contributed by atoms with van der Waals surface area (Å²) in [5.41, 5.74) is 7.11. The van der Waals surface area contributed by atoms with Crippen LogP contribution in [0.3, 0.4) is 0 Å². The molecule has 1 aliphatic rings. The lowest BCUT2D eigenvalue weighted by atomic mass is 10.1. The minimum Gasteiger partial charge on any atom is -0.454 e. The van der Waals surface area contributed by atoms with E-state index in [1.807, 2.05) is 18.2 Å². The lowest BCUT2D eigenvalue weighted by molar-refractivity contribution is -0.117. The van der Waals surface area contributed by atoms with Gasteiger partial charge in [-0.1, -0.05) is 41.9 Å². The van der Waals surface area contributed by atoms with Gasteiger partial charge >= 0.3 is 0 Å². The van der Waals surface area contributed by atoms with Crippen LogP contribution in [0.1, 0.15) is 11.6 Å². The average molecular weight is 305 g/mol. The Kier molecular flexibility index (Phi) is 3.68. The zero-order valence-electron chi connectivity index (χ0n) is 11.0. The molecule has 0 radical (unpaired) electrons. The molecule has 3 N–H and O–H groups in total. The van der Waals surface area contributed by atoms with E-state index in [9.17, 15) is 4.79 Å². The van der Waals surface area contributed by atoms with Crippen LogP contribution in [0.15, 0.2) is 42.5 Å². The van der Waals surface area contributed by atoms with Crippen molar-refractivity contribution in [2.24, 2.45) is 5.73 Å². The largest absolute Gasteiger partial charge is 0.454 e. The van der Waals surface area contributed by atoms with Gasteiger partial charge in [-0.15, -0.1) is 0 Å². The van der Waals surface area contributed by atoms with Crippen molar-refractivity contribution in [3.8, 4) is 11.5 Å². The van der Waals surface area contributed by atoms with Gasteiger partial charge in [0.15, 0.2) is 11.5 Å². The number of benzene rings is 2. The Hall–Kier alpha value is -2.24. The molecule has 0 saturated carbocycles. The Morgan fingerprint density at radius 1 is 1.19 bits per heavy atom. The van der Waals surface area contributed by atoms with E-state index in [1.54, 1.807) is 24.3 Å². The minimum absolute atomic E-state index is 0.145. The van der Waals surface area contributed by atoms with Gasteiger partial charge in [-0.2, -0.15) is 0 Å². The zero-order valence-corrected chi connectivity index (χ0v) is 11.8.